The van der Waals surface area contributed by atoms with Crippen molar-refractivity contribution in [3.63, 3.8) is 0 Å². The van der Waals surface area contributed by atoms with Crippen molar-refractivity contribution in [2.75, 3.05) is 0 Å². The zero-order chi connectivity index (χ0) is 12.6. The summed E-state index contributed by atoms with van der Waals surface area (Å²) in [4.78, 5) is 0. The van der Waals surface area contributed by atoms with Gasteiger partial charge in [0, 0.05) is 5.56 Å². The number of halogens is 2. The van der Waals surface area contributed by atoms with Crippen LogP contribution < -0.4 is 0 Å². The summed E-state index contributed by atoms with van der Waals surface area (Å²) in [7, 11) is 0. The molecule has 90 valence electrons. The third-order valence-corrected chi connectivity index (χ3v) is 4.01. The number of alkyl halides is 1. The van der Waals surface area contributed by atoms with Gasteiger partial charge in [0.2, 0.25) is 0 Å². The minimum atomic E-state index is -0.177. The van der Waals surface area contributed by atoms with Crippen molar-refractivity contribution in [3.8, 4) is 0 Å². The predicted octanol–water partition coefficient (Wildman–Crippen LogP) is 5.30. The van der Waals surface area contributed by atoms with Crippen LogP contribution in [0.3, 0.4) is 0 Å². The zero-order valence-corrected chi connectivity index (χ0v) is 12.4. The van der Waals surface area contributed by atoms with Gasteiger partial charge in [0.1, 0.15) is 0 Å². The van der Waals surface area contributed by atoms with E-state index >= 15 is 0 Å². The fourth-order valence-corrected chi connectivity index (χ4v) is 3.35. The highest BCUT2D eigenvalue weighted by Gasteiger charge is 2.19. The highest BCUT2D eigenvalue weighted by atomic mass is 79.9. The number of rotatable bonds is 2. The molecule has 0 amide bonds. The number of furan rings is 1. The van der Waals surface area contributed by atoms with E-state index in [0.717, 1.165) is 5.56 Å². The lowest BCUT2D eigenvalue weighted by atomic mass is 9.95. The van der Waals surface area contributed by atoms with Gasteiger partial charge >= 0.3 is 0 Å². The second-order valence-corrected chi connectivity index (χ2v) is 5.48. The van der Waals surface area contributed by atoms with Gasteiger partial charge in [0.05, 0.1) is 11.6 Å². The van der Waals surface area contributed by atoms with E-state index in [2.05, 4.69) is 48.8 Å². The molecule has 0 aliphatic heterocycles. The van der Waals surface area contributed by atoms with Crippen LogP contribution in [-0.4, -0.2) is 0 Å². The summed E-state index contributed by atoms with van der Waals surface area (Å²) in [6.07, 6.45) is 1.65. The summed E-state index contributed by atoms with van der Waals surface area (Å²) < 4.78 is 5.95. The molecule has 2 aromatic rings. The number of benzene rings is 1. The second-order valence-electron chi connectivity index (χ2n) is 4.32. The summed E-state index contributed by atoms with van der Waals surface area (Å²) >= 11 is 9.93. The highest BCUT2D eigenvalue weighted by molar-refractivity contribution is 9.10. The van der Waals surface area contributed by atoms with Crippen molar-refractivity contribution >= 4 is 27.5 Å². The lowest BCUT2D eigenvalue weighted by molar-refractivity contribution is 0.537. The van der Waals surface area contributed by atoms with Gasteiger partial charge < -0.3 is 4.42 Å². The summed E-state index contributed by atoms with van der Waals surface area (Å²) in [6, 6.07) is 6.22. The van der Waals surface area contributed by atoms with Gasteiger partial charge in [-0.05, 0) is 59.5 Å². The van der Waals surface area contributed by atoms with E-state index < -0.39 is 0 Å². The van der Waals surface area contributed by atoms with Gasteiger partial charge in [0.15, 0.2) is 4.67 Å². The summed E-state index contributed by atoms with van der Waals surface area (Å²) in [6.45, 7) is 6.29. The Bertz CT molecular complexity index is 522. The van der Waals surface area contributed by atoms with E-state index in [1.54, 1.807) is 6.26 Å². The molecule has 0 aliphatic carbocycles. The Morgan fingerprint density at radius 2 is 1.76 bits per heavy atom. The van der Waals surface area contributed by atoms with Crippen LogP contribution >= 0.6 is 27.5 Å². The Balaban J connectivity index is 2.51. The van der Waals surface area contributed by atoms with Gasteiger partial charge in [-0.3, -0.25) is 0 Å². The van der Waals surface area contributed by atoms with E-state index in [-0.39, 0.29) is 5.38 Å². The minimum absolute atomic E-state index is 0.177. The maximum Gasteiger partial charge on any atom is 0.173 e. The largest absolute Gasteiger partial charge is 0.457 e. The van der Waals surface area contributed by atoms with Gasteiger partial charge in [-0.15, -0.1) is 11.6 Å². The summed E-state index contributed by atoms with van der Waals surface area (Å²) in [5.41, 5.74) is 5.84. The molecular weight excluding hydrogens is 300 g/mol. The molecule has 3 heteroatoms. The van der Waals surface area contributed by atoms with Crippen LogP contribution in [0.4, 0.5) is 0 Å². The molecule has 0 spiro atoms. The van der Waals surface area contributed by atoms with Crippen LogP contribution in [0.2, 0.25) is 0 Å². The van der Waals surface area contributed by atoms with Crippen LogP contribution in [0.15, 0.2) is 33.5 Å². The van der Waals surface area contributed by atoms with Crippen molar-refractivity contribution in [2.24, 2.45) is 0 Å². The third kappa shape index (κ3) is 2.43. The van der Waals surface area contributed by atoms with Crippen LogP contribution in [0.25, 0.3) is 0 Å². The smallest absolute Gasteiger partial charge is 0.173 e. The topological polar surface area (TPSA) is 13.1 Å². The van der Waals surface area contributed by atoms with E-state index in [4.69, 9.17) is 16.0 Å². The van der Waals surface area contributed by atoms with Gasteiger partial charge in [-0.2, -0.15) is 0 Å². The van der Waals surface area contributed by atoms with E-state index in [1.807, 2.05) is 6.07 Å². The lowest BCUT2D eigenvalue weighted by Gasteiger charge is -2.16. The summed E-state index contributed by atoms with van der Waals surface area (Å²) in [5.74, 6) is 0. The molecule has 0 N–H and O–H groups in total. The first-order chi connectivity index (χ1) is 8.00. The fourth-order valence-electron chi connectivity index (χ4n) is 2.23. The highest BCUT2D eigenvalue weighted by Crippen LogP contribution is 2.37. The zero-order valence-electron chi connectivity index (χ0n) is 10.1. The van der Waals surface area contributed by atoms with E-state index in [1.165, 1.54) is 22.3 Å². The first kappa shape index (κ1) is 12.7. The molecule has 1 heterocycles. The van der Waals surface area contributed by atoms with E-state index in [0.29, 0.717) is 4.67 Å². The predicted molar refractivity (Wildman–Crippen MR) is 74.8 cm³/mol. The number of hydrogen-bond donors (Lipinski definition) is 0. The van der Waals surface area contributed by atoms with Crippen molar-refractivity contribution in [1.82, 2.24) is 0 Å². The first-order valence-electron chi connectivity index (χ1n) is 5.45. The molecule has 1 aromatic heterocycles. The molecule has 1 aromatic carbocycles. The maximum atomic E-state index is 6.55. The molecule has 1 nitrogen and oxygen atoms in total. The Hall–Kier alpha value is -0.730. The normalized spacial score (nSPS) is 12.8. The molecule has 0 saturated carbocycles. The second kappa shape index (κ2) is 4.87. The molecule has 0 bridgehead atoms. The summed E-state index contributed by atoms with van der Waals surface area (Å²) in [5, 5.41) is -0.177. The van der Waals surface area contributed by atoms with Crippen LogP contribution in [0.1, 0.15) is 33.2 Å². The van der Waals surface area contributed by atoms with Crippen LogP contribution in [0, 0.1) is 20.8 Å². The van der Waals surface area contributed by atoms with Gasteiger partial charge in [-0.1, -0.05) is 17.7 Å². The Morgan fingerprint density at radius 1 is 1.18 bits per heavy atom. The average Bonchev–Trinajstić information content (AvgIpc) is 2.62. The van der Waals surface area contributed by atoms with Crippen molar-refractivity contribution in [2.45, 2.75) is 26.1 Å². The molecule has 2 rings (SSSR count). The average molecular weight is 314 g/mol. The molecule has 1 unspecified atom stereocenters. The molecule has 0 aliphatic rings. The van der Waals surface area contributed by atoms with Crippen LogP contribution in [-0.2, 0) is 0 Å². The molecule has 1 atom stereocenters. The number of hydrogen-bond acceptors (Lipinski definition) is 1. The molecular formula is C14H14BrClO. The molecule has 0 radical (unpaired) electrons. The third-order valence-electron chi connectivity index (χ3n) is 2.91. The quantitative estimate of drug-likeness (QED) is 0.686. The Kier molecular flexibility index (Phi) is 3.64. The van der Waals surface area contributed by atoms with Crippen molar-refractivity contribution < 1.29 is 4.42 Å². The fraction of sp³-hybridized carbons (Fsp3) is 0.286. The van der Waals surface area contributed by atoms with Gasteiger partial charge in [0.25, 0.3) is 0 Å². The molecule has 0 saturated heterocycles. The van der Waals surface area contributed by atoms with Crippen molar-refractivity contribution in [1.29, 1.82) is 0 Å². The van der Waals surface area contributed by atoms with Crippen LogP contribution in [0.5, 0.6) is 0 Å². The molecule has 17 heavy (non-hydrogen) atoms. The SMILES string of the molecule is Cc1cc(C)c(C(Cl)c2ccoc2Br)c(C)c1. The molecule has 0 fully saturated rings. The maximum absolute atomic E-state index is 6.55. The lowest BCUT2D eigenvalue weighted by Crippen LogP contribution is -2.00. The minimum Gasteiger partial charge on any atom is -0.457 e. The monoisotopic (exact) mass is 312 g/mol. The Morgan fingerprint density at radius 3 is 2.24 bits per heavy atom. The van der Waals surface area contributed by atoms with E-state index in [9.17, 15) is 0 Å². The van der Waals surface area contributed by atoms with Crippen molar-refractivity contribution in [3.05, 3.63) is 56.9 Å². The standard InChI is InChI=1S/C14H14BrClO/c1-8-6-9(2)12(10(3)7-8)13(16)11-4-5-17-14(11)15/h4-7,13H,1-3H3. The Labute approximate surface area is 115 Å². The first-order valence-corrected chi connectivity index (χ1v) is 6.68. The van der Waals surface area contributed by atoms with Gasteiger partial charge in [-0.25, -0.2) is 0 Å². The number of aryl methyl sites for hydroxylation is 3.